The number of pyridine rings is 1. The van der Waals surface area contributed by atoms with E-state index in [4.69, 9.17) is 11.6 Å². The smallest absolute Gasteiger partial charge is 0.226 e. The van der Waals surface area contributed by atoms with Crippen LogP contribution in [-0.2, 0) is 0 Å². The minimum atomic E-state index is 0.255. The van der Waals surface area contributed by atoms with Crippen LogP contribution in [0.2, 0.25) is 5.28 Å². The number of nitrogens with zero attached hydrogens (tertiary/aromatic N) is 7. The quantitative estimate of drug-likeness (QED) is 0.532. The zero-order valence-electron chi connectivity index (χ0n) is 12.0. The molecule has 0 amide bonds. The first kappa shape index (κ1) is 13.1. The summed E-state index contributed by atoms with van der Waals surface area (Å²) in [6.07, 6.45) is 5.35. The second-order valence-electron chi connectivity index (χ2n) is 5.23. The molecule has 0 aliphatic rings. The average Bonchev–Trinajstić information content (AvgIpc) is 3.14. The van der Waals surface area contributed by atoms with Crippen LogP contribution in [0.5, 0.6) is 0 Å². The minimum Gasteiger partial charge on any atom is -0.270 e. The third kappa shape index (κ3) is 1.93. The Labute approximate surface area is 130 Å². The number of hydrogen-bond acceptors (Lipinski definition) is 5. The minimum absolute atomic E-state index is 0.255. The Morgan fingerprint density at radius 1 is 1.23 bits per heavy atom. The van der Waals surface area contributed by atoms with Crippen molar-refractivity contribution in [3.63, 3.8) is 0 Å². The molecule has 0 aromatic carbocycles. The van der Waals surface area contributed by atoms with Crippen molar-refractivity contribution in [2.45, 2.75) is 19.9 Å². The van der Waals surface area contributed by atoms with Crippen molar-refractivity contribution in [1.29, 1.82) is 0 Å². The van der Waals surface area contributed by atoms with E-state index < -0.39 is 0 Å². The van der Waals surface area contributed by atoms with Gasteiger partial charge in [0, 0.05) is 18.4 Å². The molecule has 0 saturated carbocycles. The fraction of sp³-hybridized carbons (Fsp3) is 0.214. The van der Waals surface area contributed by atoms with Gasteiger partial charge in [0.05, 0.1) is 17.3 Å². The molecule has 8 heteroatoms. The zero-order chi connectivity index (χ0) is 15.3. The van der Waals surface area contributed by atoms with E-state index in [0.29, 0.717) is 22.5 Å². The molecule has 0 N–H and O–H groups in total. The lowest BCUT2D eigenvalue weighted by Crippen LogP contribution is -1.99. The average molecular weight is 314 g/mol. The van der Waals surface area contributed by atoms with Crippen LogP contribution in [0.1, 0.15) is 19.9 Å². The zero-order valence-corrected chi connectivity index (χ0v) is 12.7. The number of hydrogen-bond donors (Lipinski definition) is 0. The first-order valence-electron chi connectivity index (χ1n) is 6.85. The molecule has 0 bridgehead atoms. The Morgan fingerprint density at radius 2 is 2.09 bits per heavy atom. The molecule has 0 fully saturated rings. The van der Waals surface area contributed by atoms with Crippen molar-refractivity contribution in [2.24, 2.45) is 0 Å². The highest BCUT2D eigenvalue weighted by Crippen LogP contribution is 2.22. The first-order valence-corrected chi connectivity index (χ1v) is 7.23. The highest BCUT2D eigenvalue weighted by Gasteiger charge is 2.15. The number of halogens is 1. The number of aromatic nitrogens is 7. The van der Waals surface area contributed by atoms with E-state index in [0.717, 1.165) is 5.56 Å². The lowest BCUT2D eigenvalue weighted by Gasteiger charge is -2.02. The second-order valence-corrected chi connectivity index (χ2v) is 5.56. The highest BCUT2D eigenvalue weighted by atomic mass is 35.5. The molecule has 4 aromatic rings. The van der Waals surface area contributed by atoms with Gasteiger partial charge in [-0.2, -0.15) is 9.61 Å². The molecule has 0 saturated heterocycles. The predicted molar refractivity (Wildman–Crippen MR) is 82.7 cm³/mol. The van der Waals surface area contributed by atoms with E-state index in [1.807, 2.05) is 23.0 Å². The molecule has 7 nitrogen and oxygen atoms in total. The molecule has 4 aromatic heterocycles. The van der Waals surface area contributed by atoms with Gasteiger partial charge in [-0.3, -0.25) is 9.67 Å². The lowest BCUT2D eigenvalue weighted by molar-refractivity contribution is 0.532. The van der Waals surface area contributed by atoms with Crippen LogP contribution in [0.15, 0.2) is 30.7 Å². The Kier molecular flexibility index (Phi) is 2.83. The highest BCUT2D eigenvalue weighted by molar-refractivity contribution is 6.29. The van der Waals surface area contributed by atoms with Crippen LogP contribution < -0.4 is 0 Å². The van der Waals surface area contributed by atoms with Gasteiger partial charge in [0.2, 0.25) is 5.28 Å². The van der Waals surface area contributed by atoms with E-state index in [9.17, 15) is 0 Å². The summed E-state index contributed by atoms with van der Waals surface area (Å²) >= 11 is 6.19. The fourth-order valence-corrected chi connectivity index (χ4v) is 2.47. The van der Waals surface area contributed by atoms with Gasteiger partial charge in [0.25, 0.3) is 0 Å². The van der Waals surface area contributed by atoms with Gasteiger partial charge in [-0.25, -0.2) is 9.97 Å². The van der Waals surface area contributed by atoms with Gasteiger partial charge in [-0.15, -0.1) is 5.10 Å². The third-order valence-electron chi connectivity index (χ3n) is 3.38. The number of rotatable bonds is 2. The van der Waals surface area contributed by atoms with Crippen molar-refractivity contribution in [2.75, 3.05) is 0 Å². The molecule has 22 heavy (non-hydrogen) atoms. The second kappa shape index (κ2) is 4.74. The maximum Gasteiger partial charge on any atom is 0.226 e. The summed E-state index contributed by atoms with van der Waals surface area (Å²) in [5.74, 6) is 0.550. The lowest BCUT2D eigenvalue weighted by atomic mass is 10.3. The number of fused-ring (bicyclic) bond motifs is 3. The molecular formula is C14H12ClN7. The van der Waals surface area contributed by atoms with Gasteiger partial charge in [0.1, 0.15) is 5.52 Å². The topological polar surface area (TPSA) is 73.8 Å². The summed E-state index contributed by atoms with van der Waals surface area (Å²) in [4.78, 5) is 13.2. The van der Waals surface area contributed by atoms with Crippen LogP contribution in [0.25, 0.3) is 28.1 Å². The third-order valence-corrected chi connectivity index (χ3v) is 3.63. The SMILES string of the molecule is CC(C)n1cc(-c2nc3c4ncccc4nc(Cl)n3n2)cn1. The molecule has 4 rings (SSSR count). The Bertz CT molecular complexity index is 985. The van der Waals surface area contributed by atoms with Crippen molar-refractivity contribution < 1.29 is 0 Å². The molecule has 0 unspecified atom stereocenters. The summed E-state index contributed by atoms with van der Waals surface area (Å²) in [5, 5.41) is 8.99. The molecule has 0 aliphatic heterocycles. The van der Waals surface area contributed by atoms with Gasteiger partial charge < -0.3 is 0 Å². The van der Waals surface area contributed by atoms with Crippen molar-refractivity contribution in [3.8, 4) is 11.4 Å². The molecular weight excluding hydrogens is 302 g/mol. The van der Waals surface area contributed by atoms with Crippen LogP contribution in [0.4, 0.5) is 0 Å². The van der Waals surface area contributed by atoms with Crippen LogP contribution in [0.3, 0.4) is 0 Å². The molecule has 0 spiro atoms. The van der Waals surface area contributed by atoms with Gasteiger partial charge in [-0.05, 0) is 37.6 Å². The summed E-state index contributed by atoms with van der Waals surface area (Å²) < 4.78 is 3.36. The molecule has 0 radical (unpaired) electrons. The summed E-state index contributed by atoms with van der Waals surface area (Å²) in [6, 6.07) is 3.93. The van der Waals surface area contributed by atoms with Crippen LogP contribution in [0, 0.1) is 0 Å². The van der Waals surface area contributed by atoms with E-state index in [2.05, 4.69) is 39.0 Å². The largest absolute Gasteiger partial charge is 0.270 e. The van der Waals surface area contributed by atoms with Crippen molar-refractivity contribution in [3.05, 3.63) is 36.0 Å². The van der Waals surface area contributed by atoms with E-state index >= 15 is 0 Å². The molecule has 4 heterocycles. The maximum atomic E-state index is 6.19. The predicted octanol–water partition coefficient (Wildman–Crippen LogP) is 2.77. The Hall–Kier alpha value is -2.54. The summed E-state index contributed by atoms with van der Waals surface area (Å²) in [6.45, 7) is 4.12. The molecule has 0 atom stereocenters. The Morgan fingerprint density at radius 3 is 2.86 bits per heavy atom. The summed E-state index contributed by atoms with van der Waals surface area (Å²) in [5.41, 5.74) is 2.78. The van der Waals surface area contributed by atoms with Crippen molar-refractivity contribution in [1.82, 2.24) is 34.3 Å². The van der Waals surface area contributed by atoms with E-state index in [1.54, 1.807) is 12.4 Å². The molecule has 0 aliphatic carbocycles. The fourth-order valence-electron chi connectivity index (χ4n) is 2.26. The van der Waals surface area contributed by atoms with Crippen LogP contribution >= 0.6 is 11.6 Å². The van der Waals surface area contributed by atoms with Crippen LogP contribution in [-0.4, -0.2) is 34.3 Å². The maximum absolute atomic E-state index is 6.19. The van der Waals surface area contributed by atoms with Gasteiger partial charge in [-0.1, -0.05) is 0 Å². The Balaban J connectivity index is 1.96. The van der Waals surface area contributed by atoms with E-state index in [1.165, 1.54) is 4.52 Å². The standard InChI is InChI=1S/C14H12ClN7/c1-8(2)21-7-9(6-17-21)12-19-13-11-10(4-3-5-16-11)18-14(15)22(13)20-12/h3-8H,1-2H3. The summed E-state index contributed by atoms with van der Waals surface area (Å²) in [7, 11) is 0. The van der Waals surface area contributed by atoms with E-state index in [-0.39, 0.29) is 11.3 Å². The molecule has 110 valence electrons. The van der Waals surface area contributed by atoms with Crippen molar-refractivity contribution >= 4 is 28.3 Å². The normalized spacial score (nSPS) is 11.8. The first-order chi connectivity index (χ1) is 10.6. The van der Waals surface area contributed by atoms with Gasteiger partial charge in [0.15, 0.2) is 11.5 Å². The van der Waals surface area contributed by atoms with Gasteiger partial charge >= 0.3 is 0 Å². The monoisotopic (exact) mass is 313 g/mol.